The Bertz CT molecular complexity index is 459. The van der Waals surface area contributed by atoms with Crippen LogP contribution >= 0.6 is 11.3 Å². The van der Waals surface area contributed by atoms with Crippen molar-refractivity contribution in [2.45, 2.75) is 20.3 Å². The van der Waals surface area contributed by atoms with E-state index >= 15 is 0 Å². The third-order valence-corrected chi connectivity index (χ3v) is 4.57. The van der Waals surface area contributed by atoms with Crippen molar-refractivity contribution >= 4 is 26.7 Å². The van der Waals surface area contributed by atoms with E-state index in [4.69, 9.17) is 0 Å². The zero-order valence-electron chi connectivity index (χ0n) is 10.8. The molecule has 2 N–H and O–H groups in total. The van der Waals surface area contributed by atoms with Gasteiger partial charge in [0.1, 0.15) is 5.01 Å². The second-order valence-corrected chi connectivity index (χ2v) is 6.72. The largest absolute Gasteiger partial charge is 0.317 e. The summed E-state index contributed by atoms with van der Waals surface area (Å²) in [4.78, 5) is 0. The van der Waals surface area contributed by atoms with Gasteiger partial charge >= 0.3 is 10.2 Å². The first kappa shape index (κ1) is 15.3. The number of nitrogens with zero attached hydrogens (tertiary/aromatic N) is 3. The van der Waals surface area contributed by atoms with Crippen LogP contribution in [0.4, 0.5) is 5.13 Å². The molecule has 0 unspecified atom stereocenters. The Hall–Kier alpha value is -0.770. The Morgan fingerprint density at radius 2 is 2.11 bits per heavy atom. The van der Waals surface area contributed by atoms with Gasteiger partial charge in [-0.3, -0.25) is 0 Å². The van der Waals surface area contributed by atoms with Gasteiger partial charge in [-0.1, -0.05) is 18.3 Å². The summed E-state index contributed by atoms with van der Waals surface area (Å²) < 4.78 is 27.5. The Kier molecular flexibility index (Phi) is 5.93. The molecule has 0 aromatic carbocycles. The molecule has 0 atom stereocenters. The summed E-state index contributed by atoms with van der Waals surface area (Å²) in [5.74, 6) is 0. The van der Waals surface area contributed by atoms with Crippen LogP contribution in [0.25, 0.3) is 0 Å². The van der Waals surface area contributed by atoms with E-state index in [9.17, 15) is 8.42 Å². The van der Waals surface area contributed by atoms with Gasteiger partial charge in [0.25, 0.3) is 0 Å². The Morgan fingerprint density at radius 3 is 2.67 bits per heavy atom. The summed E-state index contributed by atoms with van der Waals surface area (Å²) in [7, 11) is -1.98. The van der Waals surface area contributed by atoms with Crippen molar-refractivity contribution in [3.05, 3.63) is 5.01 Å². The smallest absolute Gasteiger partial charge is 0.303 e. The van der Waals surface area contributed by atoms with Gasteiger partial charge in [0.2, 0.25) is 5.13 Å². The molecule has 7 nitrogen and oxygen atoms in total. The molecule has 0 saturated carbocycles. The van der Waals surface area contributed by atoms with Gasteiger partial charge in [-0.2, -0.15) is 12.7 Å². The van der Waals surface area contributed by atoms with E-state index in [0.717, 1.165) is 24.5 Å². The molecule has 1 rings (SSSR count). The fraction of sp³-hybridized carbons (Fsp3) is 0.778. The van der Waals surface area contributed by atoms with E-state index in [0.29, 0.717) is 11.7 Å². The van der Waals surface area contributed by atoms with Crippen molar-refractivity contribution in [3.63, 3.8) is 0 Å². The van der Waals surface area contributed by atoms with Crippen molar-refractivity contribution < 1.29 is 8.42 Å². The molecular formula is C9H19N5O2S2. The minimum atomic E-state index is -3.52. The highest BCUT2D eigenvalue weighted by Gasteiger charge is 2.18. The van der Waals surface area contributed by atoms with E-state index in [-0.39, 0.29) is 0 Å². The van der Waals surface area contributed by atoms with Gasteiger partial charge in [-0.05, 0) is 26.4 Å². The quantitative estimate of drug-likeness (QED) is 0.679. The number of aromatic nitrogens is 2. The van der Waals surface area contributed by atoms with Crippen LogP contribution in [0.5, 0.6) is 0 Å². The number of aryl methyl sites for hydroxylation is 1. The molecule has 0 aliphatic rings. The minimum Gasteiger partial charge on any atom is -0.317 e. The molecule has 0 fully saturated rings. The molecule has 0 aliphatic carbocycles. The van der Waals surface area contributed by atoms with Gasteiger partial charge in [-0.25, -0.2) is 4.72 Å². The van der Waals surface area contributed by atoms with E-state index in [1.807, 2.05) is 6.92 Å². The average molecular weight is 293 g/mol. The van der Waals surface area contributed by atoms with Crippen LogP contribution in [-0.4, -0.2) is 49.6 Å². The Balaban J connectivity index is 2.47. The second kappa shape index (κ2) is 6.98. The van der Waals surface area contributed by atoms with Crippen molar-refractivity contribution in [1.29, 1.82) is 0 Å². The predicted molar refractivity (Wildman–Crippen MR) is 73.0 cm³/mol. The fourth-order valence-electron chi connectivity index (χ4n) is 1.25. The molecule has 0 amide bonds. The standard InChI is InChI=1S/C9H19N5O2S2/c1-4-10-6-5-7-14(3)18(15,16)13-9-12-11-8(2)17-9/h10H,4-7H2,1-3H3,(H,12,13). The Morgan fingerprint density at radius 1 is 1.39 bits per heavy atom. The third kappa shape index (κ3) is 4.84. The van der Waals surface area contributed by atoms with Crippen LogP contribution < -0.4 is 10.0 Å². The molecule has 0 bridgehead atoms. The summed E-state index contributed by atoms with van der Waals surface area (Å²) in [5, 5.41) is 11.7. The lowest BCUT2D eigenvalue weighted by Gasteiger charge is -2.16. The molecule has 0 aliphatic heterocycles. The van der Waals surface area contributed by atoms with Crippen LogP contribution in [0.3, 0.4) is 0 Å². The van der Waals surface area contributed by atoms with Gasteiger partial charge in [0, 0.05) is 13.6 Å². The lowest BCUT2D eigenvalue weighted by Crippen LogP contribution is -2.34. The first-order valence-corrected chi connectivity index (χ1v) is 7.96. The lowest BCUT2D eigenvalue weighted by molar-refractivity contribution is 0.459. The summed E-state index contributed by atoms with van der Waals surface area (Å²) >= 11 is 1.21. The number of rotatable bonds is 8. The van der Waals surface area contributed by atoms with Gasteiger partial charge in [0.05, 0.1) is 0 Å². The monoisotopic (exact) mass is 293 g/mol. The maximum absolute atomic E-state index is 11.9. The topological polar surface area (TPSA) is 87.2 Å². The number of anilines is 1. The molecule has 0 saturated heterocycles. The van der Waals surface area contributed by atoms with Crippen LogP contribution in [-0.2, 0) is 10.2 Å². The normalized spacial score (nSPS) is 12.0. The van der Waals surface area contributed by atoms with E-state index in [2.05, 4.69) is 20.2 Å². The van der Waals surface area contributed by atoms with E-state index in [1.165, 1.54) is 15.6 Å². The summed E-state index contributed by atoms with van der Waals surface area (Å²) in [6.45, 7) is 5.93. The number of hydrogen-bond acceptors (Lipinski definition) is 6. The van der Waals surface area contributed by atoms with Crippen LogP contribution in [0.1, 0.15) is 18.4 Å². The highest BCUT2D eigenvalue weighted by molar-refractivity contribution is 7.90. The minimum absolute atomic E-state index is 0.297. The maximum atomic E-state index is 11.9. The maximum Gasteiger partial charge on any atom is 0.303 e. The van der Waals surface area contributed by atoms with Gasteiger partial charge < -0.3 is 5.32 Å². The first-order chi connectivity index (χ1) is 8.45. The molecule has 1 aromatic rings. The molecule has 0 spiro atoms. The fourth-order valence-corrected chi connectivity index (χ4v) is 2.96. The van der Waals surface area contributed by atoms with Crippen molar-refractivity contribution in [3.8, 4) is 0 Å². The summed E-state index contributed by atoms with van der Waals surface area (Å²) in [6.07, 6.45) is 0.764. The first-order valence-electron chi connectivity index (χ1n) is 5.70. The molecule has 104 valence electrons. The molecule has 0 radical (unpaired) electrons. The van der Waals surface area contributed by atoms with Crippen molar-refractivity contribution in [2.75, 3.05) is 31.4 Å². The van der Waals surface area contributed by atoms with Crippen LogP contribution in [0.2, 0.25) is 0 Å². The van der Waals surface area contributed by atoms with E-state index in [1.54, 1.807) is 14.0 Å². The number of nitrogens with one attached hydrogen (secondary N) is 2. The third-order valence-electron chi connectivity index (χ3n) is 2.23. The van der Waals surface area contributed by atoms with E-state index < -0.39 is 10.2 Å². The summed E-state index contributed by atoms with van der Waals surface area (Å²) in [6, 6.07) is 0. The predicted octanol–water partition coefficient (Wildman–Crippen LogP) is 0.435. The molecule has 1 heterocycles. The SMILES string of the molecule is CCNCCCN(C)S(=O)(=O)Nc1nnc(C)s1. The van der Waals surface area contributed by atoms with Crippen LogP contribution in [0, 0.1) is 6.92 Å². The van der Waals surface area contributed by atoms with Crippen LogP contribution in [0.15, 0.2) is 0 Å². The zero-order valence-corrected chi connectivity index (χ0v) is 12.4. The highest BCUT2D eigenvalue weighted by atomic mass is 32.2. The van der Waals surface area contributed by atoms with Crippen molar-refractivity contribution in [2.24, 2.45) is 0 Å². The zero-order chi connectivity index (χ0) is 13.6. The van der Waals surface area contributed by atoms with Gasteiger partial charge in [-0.15, -0.1) is 10.2 Å². The van der Waals surface area contributed by atoms with Gasteiger partial charge in [0.15, 0.2) is 0 Å². The average Bonchev–Trinajstić information content (AvgIpc) is 2.69. The Labute approximate surface area is 112 Å². The second-order valence-electron chi connectivity index (χ2n) is 3.76. The highest BCUT2D eigenvalue weighted by Crippen LogP contribution is 2.16. The number of hydrogen-bond donors (Lipinski definition) is 2. The molecule has 18 heavy (non-hydrogen) atoms. The lowest BCUT2D eigenvalue weighted by atomic mass is 10.4. The van der Waals surface area contributed by atoms with Crippen molar-refractivity contribution in [1.82, 2.24) is 19.8 Å². The molecule has 1 aromatic heterocycles. The molecule has 9 heteroatoms. The summed E-state index contributed by atoms with van der Waals surface area (Å²) in [5.41, 5.74) is 0. The molecular weight excluding hydrogens is 274 g/mol.